The van der Waals surface area contributed by atoms with E-state index in [2.05, 4.69) is 0 Å². The number of amides is 2. The summed E-state index contributed by atoms with van der Waals surface area (Å²) in [6.45, 7) is 1.97. The van der Waals surface area contributed by atoms with Gasteiger partial charge in [0, 0.05) is 5.69 Å². The van der Waals surface area contributed by atoms with Crippen LogP contribution in [0.3, 0.4) is 0 Å². The van der Waals surface area contributed by atoms with Crippen LogP contribution in [0.25, 0.3) is 0 Å². The van der Waals surface area contributed by atoms with Gasteiger partial charge in [-0.05, 0) is 24.6 Å². The third-order valence-electron chi connectivity index (χ3n) is 2.94. The van der Waals surface area contributed by atoms with Gasteiger partial charge in [0.05, 0.1) is 6.04 Å². The summed E-state index contributed by atoms with van der Waals surface area (Å²) in [7, 11) is 0. The summed E-state index contributed by atoms with van der Waals surface area (Å²) in [5.74, 6) is 0. The number of urea groups is 1. The molecule has 0 fully saturated rings. The maximum absolute atomic E-state index is 11.7. The average molecular weight is 240 g/mol. The lowest BCUT2D eigenvalue weighted by atomic mass is 10.1. The van der Waals surface area contributed by atoms with E-state index in [1.165, 1.54) is 0 Å². The second kappa shape index (κ2) is 5.36. The van der Waals surface area contributed by atoms with Crippen LogP contribution < -0.4 is 10.6 Å². The molecule has 2 rings (SSSR count). The first-order valence-electron chi connectivity index (χ1n) is 5.89. The predicted molar refractivity (Wildman–Crippen MR) is 73.4 cm³/mol. The normalized spacial score (nSPS) is 11.8. The van der Waals surface area contributed by atoms with Crippen LogP contribution >= 0.6 is 0 Å². The van der Waals surface area contributed by atoms with E-state index in [9.17, 15) is 4.79 Å². The van der Waals surface area contributed by atoms with Gasteiger partial charge in [-0.2, -0.15) is 0 Å². The van der Waals surface area contributed by atoms with Gasteiger partial charge in [-0.1, -0.05) is 48.5 Å². The molecule has 0 radical (unpaired) electrons. The number of nitrogens with zero attached hydrogens (tertiary/aromatic N) is 1. The van der Waals surface area contributed by atoms with E-state index in [0.29, 0.717) is 0 Å². The Morgan fingerprint density at radius 3 is 2.00 bits per heavy atom. The molecule has 0 aliphatic rings. The first-order chi connectivity index (χ1) is 8.70. The van der Waals surface area contributed by atoms with Gasteiger partial charge in [-0.25, -0.2) is 4.79 Å². The van der Waals surface area contributed by atoms with Crippen molar-refractivity contribution < 1.29 is 4.79 Å². The summed E-state index contributed by atoms with van der Waals surface area (Å²) in [5, 5.41) is 0. The number of benzene rings is 2. The quantitative estimate of drug-likeness (QED) is 0.878. The Morgan fingerprint density at radius 2 is 1.50 bits per heavy atom. The maximum Gasteiger partial charge on any atom is 0.319 e. The van der Waals surface area contributed by atoms with Crippen molar-refractivity contribution in [1.82, 2.24) is 0 Å². The molecule has 2 aromatic carbocycles. The molecule has 2 aromatic rings. The summed E-state index contributed by atoms with van der Waals surface area (Å²) >= 11 is 0. The van der Waals surface area contributed by atoms with Crippen molar-refractivity contribution in [3.8, 4) is 0 Å². The molecule has 3 heteroatoms. The fourth-order valence-electron chi connectivity index (χ4n) is 2.01. The van der Waals surface area contributed by atoms with Gasteiger partial charge < -0.3 is 5.73 Å². The number of anilines is 1. The third-order valence-corrected chi connectivity index (χ3v) is 2.94. The van der Waals surface area contributed by atoms with E-state index in [1.54, 1.807) is 4.90 Å². The van der Waals surface area contributed by atoms with Crippen LogP contribution in [-0.2, 0) is 0 Å². The van der Waals surface area contributed by atoms with Crippen molar-refractivity contribution in [2.45, 2.75) is 13.0 Å². The molecule has 0 aromatic heterocycles. The minimum Gasteiger partial charge on any atom is -0.351 e. The largest absolute Gasteiger partial charge is 0.351 e. The van der Waals surface area contributed by atoms with E-state index >= 15 is 0 Å². The van der Waals surface area contributed by atoms with Gasteiger partial charge in [0.1, 0.15) is 0 Å². The zero-order chi connectivity index (χ0) is 13.0. The van der Waals surface area contributed by atoms with Crippen molar-refractivity contribution in [3.05, 3.63) is 66.2 Å². The van der Waals surface area contributed by atoms with Crippen molar-refractivity contribution >= 4 is 11.7 Å². The third kappa shape index (κ3) is 2.51. The number of hydrogen-bond acceptors (Lipinski definition) is 1. The number of carbonyl (C=O) groups is 1. The molecule has 0 aliphatic heterocycles. The van der Waals surface area contributed by atoms with Crippen molar-refractivity contribution in [1.29, 1.82) is 0 Å². The molecule has 0 saturated carbocycles. The van der Waals surface area contributed by atoms with Gasteiger partial charge in [0.15, 0.2) is 0 Å². The monoisotopic (exact) mass is 240 g/mol. The van der Waals surface area contributed by atoms with Crippen molar-refractivity contribution in [2.24, 2.45) is 5.73 Å². The number of para-hydroxylation sites is 1. The smallest absolute Gasteiger partial charge is 0.319 e. The summed E-state index contributed by atoms with van der Waals surface area (Å²) in [6, 6.07) is 18.8. The second-order valence-electron chi connectivity index (χ2n) is 4.13. The number of nitrogens with two attached hydrogens (primary N) is 1. The number of hydrogen-bond donors (Lipinski definition) is 1. The molecule has 0 aliphatic carbocycles. The number of rotatable bonds is 3. The fourth-order valence-corrected chi connectivity index (χ4v) is 2.01. The lowest BCUT2D eigenvalue weighted by molar-refractivity contribution is 0.252. The Balaban J connectivity index is 2.35. The Labute approximate surface area is 107 Å². The predicted octanol–water partition coefficient (Wildman–Crippen LogP) is 3.33. The topological polar surface area (TPSA) is 46.3 Å². The van der Waals surface area contributed by atoms with Crippen LogP contribution in [0.15, 0.2) is 60.7 Å². The second-order valence-corrected chi connectivity index (χ2v) is 4.13. The Morgan fingerprint density at radius 1 is 1.00 bits per heavy atom. The zero-order valence-corrected chi connectivity index (χ0v) is 10.3. The highest BCUT2D eigenvalue weighted by Crippen LogP contribution is 2.26. The SMILES string of the molecule is CC(c1ccccc1)N(C(N)=O)c1ccccc1. The average Bonchev–Trinajstić information content (AvgIpc) is 2.40. The summed E-state index contributed by atoms with van der Waals surface area (Å²) in [5.41, 5.74) is 7.36. The van der Waals surface area contributed by atoms with Crippen LogP contribution in [-0.4, -0.2) is 6.03 Å². The molecule has 0 saturated heterocycles. The minimum atomic E-state index is -0.447. The molecule has 2 N–H and O–H groups in total. The summed E-state index contributed by atoms with van der Waals surface area (Å²) in [6.07, 6.45) is 0. The lowest BCUT2D eigenvalue weighted by Gasteiger charge is -2.27. The van der Waals surface area contributed by atoms with Crippen molar-refractivity contribution in [2.75, 3.05) is 4.90 Å². The standard InChI is InChI=1S/C15H16N2O/c1-12(13-8-4-2-5-9-13)17(15(16)18)14-10-6-3-7-11-14/h2-12H,1H3,(H2,16,18). The number of carbonyl (C=O) groups excluding carboxylic acids is 1. The Kier molecular flexibility index (Phi) is 3.63. The molecule has 18 heavy (non-hydrogen) atoms. The van der Waals surface area contributed by atoms with Gasteiger partial charge in [0.25, 0.3) is 0 Å². The molecule has 1 atom stereocenters. The van der Waals surface area contributed by atoms with E-state index in [0.717, 1.165) is 11.3 Å². The molecule has 3 nitrogen and oxygen atoms in total. The zero-order valence-electron chi connectivity index (χ0n) is 10.3. The van der Waals surface area contributed by atoms with Gasteiger partial charge in [0.2, 0.25) is 0 Å². The summed E-state index contributed by atoms with van der Waals surface area (Å²) < 4.78 is 0. The first-order valence-corrected chi connectivity index (χ1v) is 5.89. The molecular formula is C15H16N2O. The molecule has 0 heterocycles. The molecule has 1 unspecified atom stereocenters. The maximum atomic E-state index is 11.7. The van der Waals surface area contributed by atoms with Crippen molar-refractivity contribution in [3.63, 3.8) is 0 Å². The highest BCUT2D eigenvalue weighted by atomic mass is 16.2. The molecular weight excluding hydrogens is 224 g/mol. The Hall–Kier alpha value is -2.29. The van der Waals surface area contributed by atoms with Gasteiger partial charge in [-0.15, -0.1) is 0 Å². The van der Waals surface area contributed by atoms with E-state index in [1.807, 2.05) is 67.6 Å². The number of primary amides is 1. The highest BCUT2D eigenvalue weighted by Gasteiger charge is 2.20. The Bertz CT molecular complexity index is 511. The van der Waals surface area contributed by atoms with Gasteiger partial charge in [-0.3, -0.25) is 4.90 Å². The molecule has 0 bridgehead atoms. The molecule has 0 spiro atoms. The van der Waals surface area contributed by atoms with Crippen LogP contribution in [0.5, 0.6) is 0 Å². The molecule has 2 amide bonds. The fraction of sp³-hybridized carbons (Fsp3) is 0.133. The van der Waals surface area contributed by atoms with Crippen LogP contribution in [0.1, 0.15) is 18.5 Å². The van der Waals surface area contributed by atoms with E-state index in [4.69, 9.17) is 5.73 Å². The molecule has 92 valence electrons. The van der Waals surface area contributed by atoms with Gasteiger partial charge >= 0.3 is 6.03 Å². The van der Waals surface area contributed by atoms with Crippen LogP contribution in [0.2, 0.25) is 0 Å². The highest BCUT2D eigenvalue weighted by molar-refractivity contribution is 5.91. The van der Waals surface area contributed by atoms with Crippen LogP contribution in [0.4, 0.5) is 10.5 Å². The van der Waals surface area contributed by atoms with E-state index < -0.39 is 6.03 Å². The van der Waals surface area contributed by atoms with Crippen LogP contribution in [0, 0.1) is 0 Å². The van der Waals surface area contributed by atoms with E-state index in [-0.39, 0.29) is 6.04 Å². The lowest BCUT2D eigenvalue weighted by Crippen LogP contribution is -2.37. The summed E-state index contributed by atoms with van der Waals surface area (Å²) in [4.78, 5) is 13.3. The minimum absolute atomic E-state index is 0.0916. The first kappa shape index (κ1) is 12.2.